The van der Waals surface area contributed by atoms with Crippen molar-refractivity contribution >= 4 is 11.9 Å². The number of nitrogens with one attached hydrogen (secondary N) is 1. The molecule has 3 rings (SSSR count). The van der Waals surface area contributed by atoms with E-state index < -0.39 is 23.3 Å². The molecule has 0 saturated carbocycles. The van der Waals surface area contributed by atoms with E-state index in [0.29, 0.717) is 0 Å². The van der Waals surface area contributed by atoms with Crippen LogP contribution in [0.4, 0.5) is 13.2 Å². The predicted octanol–water partition coefficient (Wildman–Crippen LogP) is 4.24. The maximum absolute atomic E-state index is 13.4. The molecule has 0 saturated heterocycles. The van der Waals surface area contributed by atoms with E-state index in [2.05, 4.69) is 4.98 Å². The first kappa shape index (κ1) is 23.8. The molecule has 0 aliphatic rings. The number of carbonyl (C=O) groups is 2. The van der Waals surface area contributed by atoms with E-state index in [-0.39, 0.29) is 47.7 Å². The molecular formula is C24H21F3N2O4. The quantitative estimate of drug-likeness (QED) is 0.554. The molecule has 6 nitrogen and oxygen atoms in total. The van der Waals surface area contributed by atoms with E-state index in [0.717, 1.165) is 17.7 Å². The summed E-state index contributed by atoms with van der Waals surface area (Å²) in [5.41, 5.74) is -0.0752. The molecule has 0 bridgehead atoms. The molecule has 1 amide bonds. The van der Waals surface area contributed by atoms with Gasteiger partial charge in [-0.15, -0.1) is 0 Å². The number of carboxylic acid groups (broad SMARTS) is 1. The Morgan fingerprint density at radius 1 is 0.970 bits per heavy atom. The second-order valence-electron chi connectivity index (χ2n) is 7.55. The van der Waals surface area contributed by atoms with Gasteiger partial charge in [0.1, 0.15) is 0 Å². The first-order chi connectivity index (χ1) is 15.5. The van der Waals surface area contributed by atoms with Gasteiger partial charge in [-0.3, -0.25) is 14.4 Å². The third kappa shape index (κ3) is 6.09. The summed E-state index contributed by atoms with van der Waals surface area (Å²) < 4.78 is 40.3. The van der Waals surface area contributed by atoms with Gasteiger partial charge in [-0.1, -0.05) is 36.4 Å². The number of rotatable bonds is 7. The number of hydrogen-bond acceptors (Lipinski definition) is 3. The summed E-state index contributed by atoms with van der Waals surface area (Å²) in [4.78, 5) is 39.7. The zero-order chi connectivity index (χ0) is 24.2. The standard InChI is InChI=1S/C24H21F3N2O4/c1-15(30)29(13-16-5-3-2-4-6-16)14-18-11-19(24(25,26)27)7-8-20(18)21-9-17(10-22(31)32)12-28-23(21)33/h2-9,11-12H,10,13-14H2,1H3,(H,28,33)(H,31,32). The molecule has 3 aromatic rings. The normalized spacial score (nSPS) is 11.3. The van der Waals surface area contributed by atoms with E-state index in [1.54, 1.807) is 24.3 Å². The topological polar surface area (TPSA) is 90.5 Å². The van der Waals surface area contributed by atoms with Crippen molar-refractivity contribution in [3.05, 3.63) is 93.4 Å². The highest BCUT2D eigenvalue weighted by Gasteiger charge is 2.31. The first-order valence-corrected chi connectivity index (χ1v) is 9.98. The average Bonchev–Trinajstić information content (AvgIpc) is 2.74. The number of H-pyrrole nitrogens is 1. The SMILES string of the molecule is CC(=O)N(Cc1ccccc1)Cc1cc(C(F)(F)F)ccc1-c1cc(CC(=O)O)c[nH]c1=O. The zero-order valence-corrected chi connectivity index (χ0v) is 17.6. The number of carboxylic acids is 1. The van der Waals surface area contributed by atoms with Crippen LogP contribution in [0.1, 0.15) is 29.2 Å². The van der Waals surface area contributed by atoms with Crippen molar-refractivity contribution in [3.63, 3.8) is 0 Å². The van der Waals surface area contributed by atoms with E-state index >= 15 is 0 Å². The van der Waals surface area contributed by atoms with Crippen molar-refractivity contribution in [3.8, 4) is 11.1 Å². The van der Waals surface area contributed by atoms with Crippen molar-refractivity contribution in [1.29, 1.82) is 0 Å². The van der Waals surface area contributed by atoms with Gasteiger partial charge in [-0.25, -0.2) is 0 Å². The fourth-order valence-electron chi connectivity index (χ4n) is 3.46. The Labute approximate surface area is 187 Å². The van der Waals surface area contributed by atoms with Crippen LogP contribution in [0.25, 0.3) is 11.1 Å². The number of halogens is 3. The van der Waals surface area contributed by atoms with Crippen LogP contribution in [0.3, 0.4) is 0 Å². The maximum atomic E-state index is 13.4. The van der Waals surface area contributed by atoms with Crippen LogP contribution in [-0.2, 0) is 35.3 Å². The number of hydrogen-bond donors (Lipinski definition) is 2. The highest BCUT2D eigenvalue weighted by Crippen LogP contribution is 2.33. The molecule has 2 aromatic carbocycles. The van der Waals surface area contributed by atoms with Crippen LogP contribution >= 0.6 is 0 Å². The van der Waals surface area contributed by atoms with Gasteiger partial charge in [-0.05, 0) is 40.5 Å². The van der Waals surface area contributed by atoms with Crippen LogP contribution in [0.2, 0.25) is 0 Å². The number of aromatic nitrogens is 1. The summed E-state index contributed by atoms with van der Waals surface area (Å²) >= 11 is 0. The molecule has 0 spiro atoms. The molecule has 0 unspecified atom stereocenters. The molecular weight excluding hydrogens is 437 g/mol. The lowest BCUT2D eigenvalue weighted by Crippen LogP contribution is -2.28. The molecule has 0 fully saturated rings. The summed E-state index contributed by atoms with van der Waals surface area (Å²) in [5, 5.41) is 9.04. The van der Waals surface area contributed by atoms with Crippen molar-refractivity contribution in [2.45, 2.75) is 32.6 Å². The lowest BCUT2D eigenvalue weighted by atomic mass is 9.96. The van der Waals surface area contributed by atoms with Crippen molar-refractivity contribution in [2.75, 3.05) is 0 Å². The zero-order valence-electron chi connectivity index (χ0n) is 17.6. The van der Waals surface area contributed by atoms with Crippen molar-refractivity contribution < 1.29 is 27.9 Å². The molecule has 33 heavy (non-hydrogen) atoms. The Morgan fingerprint density at radius 3 is 2.27 bits per heavy atom. The fraction of sp³-hybridized carbons (Fsp3) is 0.208. The van der Waals surface area contributed by atoms with E-state index in [4.69, 9.17) is 5.11 Å². The lowest BCUT2D eigenvalue weighted by Gasteiger charge is -2.24. The second kappa shape index (κ2) is 9.72. The van der Waals surface area contributed by atoms with Gasteiger partial charge >= 0.3 is 12.1 Å². The van der Waals surface area contributed by atoms with Gasteiger partial charge in [-0.2, -0.15) is 13.2 Å². The Balaban J connectivity index is 2.10. The molecule has 1 aromatic heterocycles. The Hall–Kier alpha value is -3.88. The number of aliphatic carboxylic acids is 1. The number of nitrogens with zero attached hydrogens (tertiary/aromatic N) is 1. The Bertz CT molecular complexity index is 1220. The lowest BCUT2D eigenvalue weighted by molar-refractivity contribution is -0.138. The predicted molar refractivity (Wildman–Crippen MR) is 115 cm³/mol. The van der Waals surface area contributed by atoms with Gasteiger partial charge in [0.25, 0.3) is 5.56 Å². The summed E-state index contributed by atoms with van der Waals surface area (Å²) in [6, 6.07) is 13.3. The molecule has 0 aliphatic heterocycles. The van der Waals surface area contributed by atoms with Crippen LogP contribution in [0.5, 0.6) is 0 Å². The summed E-state index contributed by atoms with van der Waals surface area (Å²) in [7, 11) is 0. The van der Waals surface area contributed by atoms with Crippen LogP contribution < -0.4 is 5.56 Å². The van der Waals surface area contributed by atoms with Crippen LogP contribution in [0, 0.1) is 0 Å². The van der Waals surface area contributed by atoms with E-state index in [9.17, 15) is 27.6 Å². The molecule has 9 heteroatoms. The number of pyridine rings is 1. The number of amides is 1. The summed E-state index contributed by atoms with van der Waals surface area (Å²) in [6.45, 7) is 1.31. The smallest absolute Gasteiger partial charge is 0.416 e. The minimum Gasteiger partial charge on any atom is -0.481 e. The molecule has 0 aliphatic carbocycles. The van der Waals surface area contributed by atoms with Gasteiger partial charge in [0, 0.05) is 31.8 Å². The molecule has 2 N–H and O–H groups in total. The minimum absolute atomic E-state index is 0.0284. The molecule has 172 valence electrons. The molecule has 1 heterocycles. The number of benzene rings is 2. The maximum Gasteiger partial charge on any atom is 0.416 e. The highest BCUT2D eigenvalue weighted by atomic mass is 19.4. The number of aromatic amines is 1. The van der Waals surface area contributed by atoms with Gasteiger partial charge in [0.2, 0.25) is 5.91 Å². The highest BCUT2D eigenvalue weighted by molar-refractivity contribution is 5.75. The molecule has 0 atom stereocenters. The number of carbonyl (C=O) groups excluding carboxylic acids is 1. The largest absolute Gasteiger partial charge is 0.481 e. The fourth-order valence-corrected chi connectivity index (χ4v) is 3.46. The van der Waals surface area contributed by atoms with Gasteiger partial charge < -0.3 is 15.0 Å². The minimum atomic E-state index is -4.62. The number of alkyl halides is 3. The van der Waals surface area contributed by atoms with Crippen molar-refractivity contribution in [1.82, 2.24) is 9.88 Å². The van der Waals surface area contributed by atoms with E-state index in [1.807, 2.05) is 6.07 Å². The van der Waals surface area contributed by atoms with Gasteiger partial charge in [0.05, 0.1) is 12.0 Å². The average molecular weight is 458 g/mol. The molecule has 0 radical (unpaired) electrons. The van der Waals surface area contributed by atoms with Crippen LogP contribution in [-0.4, -0.2) is 26.9 Å². The summed E-state index contributed by atoms with van der Waals surface area (Å²) in [5.74, 6) is -1.47. The Morgan fingerprint density at radius 2 is 1.67 bits per heavy atom. The second-order valence-corrected chi connectivity index (χ2v) is 7.55. The van der Waals surface area contributed by atoms with Gasteiger partial charge in [0.15, 0.2) is 0 Å². The summed E-state index contributed by atoms with van der Waals surface area (Å²) in [6.07, 6.45) is -3.74. The van der Waals surface area contributed by atoms with Crippen molar-refractivity contribution in [2.24, 2.45) is 0 Å². The van der Waals surface area contributed by atoms with E-state index in [1.165, 1.54) is 30.2 Å². The first-order valence-electron chi connectivity index (χ1n) is 9.98. The third-order valence-electron chi connectivity index (χ3n) is 5.06. The van der Waals surface area contributed by atoms with Crippen LogP contribution in [0.15, 0.2) is 65.6 Å². The monoisotopic (exact) mass is 458 g/mol. The third-order valence-corrected chi connectivity index (χ3v) is 5.06. The Kier molecular flexibility index (Phi) is 7.01.